The normalized spacial score (nSPS) is 10.0. The molecule has 1 aromatic rings. The first-order valence-corrected chi connectivity index (χ1v) is 5.16. The number of hydrogen-bond donors (Lipinski definition) is 1. The van der Waals surface area contributed by atoms with Crippen molar-refractivity contribution in [3.05, 3.63) is 22.7 Å². The average Bonchev–Trinajstić information content (AvgIpc) is 2.03. The molecule has 0 aliphatic heterocycles. The number of carboxylic acids is 1. The summed E-state index contributed by atoms with van der Waals surface area (Å²) in [6, 6.07) is 1.23. The summed E-state index contributed by atoms with van der Waals surface area (Å²) < 4.78 is 0. The third kappa shape index (κ3) is 2.86. The second kappa shape index (κ2) is 4.43. The van der Waals surface area contributed by atoms with Crippen LogP contribution in [0, 0.1) is 0 Å². The Hall–Kier alpha value is -0.810. The maximum absolute atomic E-state index is 10.6. The highest BCUT2D eigenvalue weighted by atomic mass is 35.5. The molecule has 1 rings (SSSR count). The molecular weight excluding hydrogens is 212 g/mol. The van der Waals surface area contributed by atoms with Crippen LogP contribution in [0.4, 0.5) is 0 Å². The predicted molar refractivity (Wildman–Crippen MR) is 51.2 cm³/mol. The monoisotopic (exact) mass is 218 g/mol. The highest BCUT2D eigenvalue weighted by Crippen LogP contribution is 2.10. The topological polar surface area (TPSA) is 63.1 Å². The van der Waals surface area contributed by atoms with Gasteiger partial charge in [-0.05, 0) is 6.26 Å². The second-order valence-corrected chi connectivity index (χ2v) is 3.48. The van der Waals surface area contributed by atoms with Crippen molar-refractivity contribution in [3.8, 4) is 0 Å². The summed E-state index contributed by atoms with van der Waals surface area (Å²) in [5, 5.41) is 8.81. The van der Waals surface area contributed by atoms with Crippen LogP contribution in [0.15, 0.2) is 6.07 Å². The molecule has 0 atom stereocenters. The van der Waals surface area contributed by atoms with Gasteiger partial charge in [-0.15, -0.1) is 0 Å². The van der Waals surface area contributed by atoms with Crippen LogP contribution in [0.25, 0.3) is 0 Å². The standard InChI is InChI=1S/C7H7ClN2O2S/c1-13-3-6-9-4(7(11)12)2-5(8)10-6/h2H,3H2,1H3,(H,11,12). The SMILES string of the molecule is CSCc1nc(Cl)cc(C(=O)O)n1. The summed E-state index contributed by atoms with van der Waals surface area (Å²) in [6.07, 6.45) is 1.88. The Balaban J connectivity index is 3.03. The van der Waals surface area contributed by atoms with E-state index in [0.717, 1.165) is 0 Å². The Morgan fingerprint density at radius 1 is 1.69 bits per heavy atom. The zero-order valence-corrected chi connectivity index (χ0v) is 8.39. The zero-order chi connectivity index (χ0) is 9.84. The Morgan fingerprint density at radius 3 is 2.92 bits per heavy atom. The smallest absolute Gasteiger partial charge is 0.354 e. The average molecular weight is 219 g/mol. The molecule has 1 aromatic heterocycles. The molecule has 0 bridgehead atoms. The summed E-state index contributed by atoms with van der Waals surface area (Å²) in [5.74, 6) is -0.0926. The van der Waals surface area contributed by atoms with Crippen molar-refractivity contribution in [2.45, 2.75) is 5.75 Å². The minimum Gasteiger partial charge on any atom is -0.477 e. The highest BCUT2D eigenvalue weighted by molar-refractivity contribution is 7.97. The number of halogens is 1. The number of carbonyl (C=O) groups is 1. The summed E-state index contributed by atoms with van der Waals surface area (Å²) in [4.78, 5) is 18.2. The van der Waals surface area contributed by atoms with Gasteiger partial charge in [0.05, 0.1) is 5.75 Å². The van der Waals surface area contributed by atoms with E-state index < -0.39 is 5.97 Å². The van der Waals surface area contributed by atoms with Gasteiger partial charge >= 0.3 is 5.97 Å². The molecule has 0 fully saturated rings. The lowest BCUT2D eigenvalue weighted by Crippen LogP contribution is -2.04. The molecule has 0 radical (unpaired) electrons. The van der Waals surface area contributed by atoms with Gasteiger partial charge in [0.25, 0.3) is 0 Å². The first-order valence-electron chi connectivity index (χ1n) is 3.39. The minimum absolute atomic E-state index is 0.0657. The summed E-state index contributed by atoms with van der Waals surface area (Å²) in [6.45, 7) is 0. The van der Waals surface area contributed by atoms with Crippen LogP contribution in [-0.4, -0.2) is 27.3 Å². The minimum atomic E-state index is -1.09. The number of nitrogens with zero attached hydrogens (tertiary/aromatic N) is 2. The van der Waals surface area contributed by atoms with Gasteiger partial charge < -0.3 is 5.11 Å². The van der Waals surface area contributed by atoms with Gasteiger partial charge in [0.2, 0.25) is 0 Å². The summed E-state index contributed by atoms with van der Waals surface area (Å²) in [5.41, 5.74) is -0.0657. The fraction of sp³-hybridized carbons (Fsp3) is 0.286. The molecule has 4 nitrogen and oxygen atoms in total. The lowest BCUT2D eigenvalue weighted by molar-refractivity contribution is 0.0690. The maximum atomic E-state index is 10.6. The molecule has 0 aromatic carbocycles. The van der Waals surface area contributed by atoms with Gasteiger partial charge in [-0.3, -0.25) is 0 Å². The van der Waals surface area contributed by atoms with Crippen molar-refractivity contribution >= 4 is 29.3 Å². The van der Waals surface area contributed by atoms with Crippen molar-refractivity contribution in [2.24, 2.45) is 0 Å². The highest BCUT2D eigenvalue weighted by Gasteiger charge is 2.08. The third-order valence-electron chi connectivity index (χ3n) is 1.23. The van der Waals surface area contributed by atoms with Crippen molar-refractivity contribution in [3.63, 3.8) is 0 Å². The van der Waals surface area contributed by atoms with Gasteiger partial charge in [-0.25, -0.2) is 14.8 Å². The van der Waals surface area contributed by atoms with Crippen molar-refractivity contribution in [1.29, 1.82) is 0 Å². The quantitative estimate of drug-likeness (QED) is 0.783. The second-order valence-electron chi connectivity index (χ2n) is 2.23. The van der Waals surface area contributed by atoms with E-state index in [1.165, 1.54) is 17.8 Å². The van der Waals surface area contributed by atoms with E-state index >= 15 is 0 Å². The van der Waals surface area contributed by atoms with E-state index in [9.17, 15) is 4.79 Å². The van der Waals surface area contributed by atoms with E-state index in [4.69, 9.17) is 16.7 Å². The molecule has 70 valence electrons. The Kier molecular flexibility index (Phi) is 3.50. The van der Waals surface area contributed by atoms with Gasteiger partial charge in [-0.2, -0.15) is 11.8 Å². The molecule has 0 saturated heterocycles. The number of aromatic nitrogens is 2. The molecule has 1 N–H and O–H groups in total. The van der Waals surface area contributed by atoms with Crippen LogP contribution >= 0.6 is 23.4 Å². The number of hydrogen-bond acceptors (Lipinski definition) is 4. The lowest BCUT2D eigenvalue weighted by Gasteiger charge is -1.99. The number of carboxylic acid groups (broad SMARTS) is 1. The first-order chi connectivity index (χ1) is 6.13. The number of aromatic carboxylic acids is 1. The Bertz CT molecular complexity index is 332. The van der Waals surface area contributed by atoms with Crippen LogP contribution < -0.4 is 0 Å². The summed E-state index contributed by atoms with van der Waals surface area (Å²) in [7, 11) is 0. The van der Waals surface area contributed by atoms with E-state index in [-0.39, 0.29) is 10.8 Å². The van der Waals surface area contributed by atoms with Gasteiger partial charge in [0.1, 0.15) is 11.0 Å². The molecule has 13 heavy (non-hydrogen) atoms. The van der Waals surface area contributed by atoms with E-state index in [1.54, 1.807) is 0 Å². The van der Waals surface area contributed by atoms with Crippen molar-refractivity contribution in [1.82, 2.24) is 9.97 Å². The third-order valence-corrected chi connectivity index (χ3v) is 1.97. The van der Waals surface area contributed by atoms with Crippen LogP contribution in [0.5, 0.6) is 0 Å². The molecular formula is C7H7ClN2O2S. The molecule has 0 aliphatic rings. The van der Waals surface area contributed by atoms with Gasteiger partial charge in [0, 0.05) is 6.07 Å². The molecule has 0 amide bonds. The molecule has 1 heterocycles. The van der Waals surface area contributed by atoms with Gasteiger partial charge in [-0.1, -0.05) is 11.6 Å². The fourth-order valence-corrected chi connectivity index (χ4v) is 1.36. The fourth-order valence-electron chi connectivity index (χ4n) is 0.768. The maximum Gasteiger partial charge on any atom is 0.354 e. The lowest BCUT2D eigenvalue weighted by atomic mass is 10.4. The van der Waals surface area contributed by atoms with Crippen molar-refractivity contribution in [2.75, 3.05) is 6.26 Å². The number of thioether (sulfide) groups is 1. The zero-order valence-electron chi connectivity index (χ0n) is 6.82. The predicted octanol–water partition coefficient (Wildman–Crippen LogP) is 1.69. The Labute approximate surface area is 84.3 Å². The largest absolute Gasteiger partial charge is 0.477 e. The Morgan fingerprint density at radius 2 is 2.38 bits per heavy atom. The van der Waals surface area contributed by atoms with E-state index in [1.807, 2.05) is 6.26 Å². The van der Waals surface area contributed by atoms with Crippen LogP contribution in [0.2, 0.25) is 5.15 Å². The van der Waals surface area contributed by atoms with Crippen LogP contribution in [-0.2, 0) is 5.75 Å². The molecule has 0 unspecified atom stereocenters. The van der Waals surface area contributed by atoms with Crippen LogP contribution in [0.3, 0.4) is 0 Å². The van der Waals surface area contributed by atoms with E-state index in [2.05, 4.69) is 9.97 Å². The summed E-state index contributed by atoms with van der Waals surface area (Å²) >= 11 is 7.11. The molecule has 0 spiro atoms. The molecule has 0 aliphatic carbocycles. The number of rotatable bonds is 3. The van der Waals surface area contributed by atoms with Crippen molar-refractivity contribution < 1.29 is 9.90 Å². The first kappa shape index (κ1) is 10.3. The molecule has 0 saturated carbocycles. The van der Waals surface area contributed by atoms with E-state index in [0.29, 0.717) is 11.6 Å². The molecule has 6 heteroatoms. The van der Waals surface area contributed by atoms with Crippen LogP contribution in [0.1, 0.15) is 16.3 Å². The van der Waals surface area contributed by atoms with Gasteiger partial charge in [0.15, 0.2) is 5.69 Å².